The highest BCUT2D eigenvalue weighted by Crippen LogP contribution is 2.49. The maximum Gasteiger partial charge on any atom is 0.422 e. The number of ether oxygens (including phenoxy) is 1. The van der Waals surface area contributed by atoms with Crippen molar-refractivity contribution in [2.75, 3.05) is 6.61 Å². The van der Waals surface area contributed by atoms with Gasteiger partial charge in [-0.1, -0.05) is 42.0 Å². The Labute approximate surface area is 194 Å². The third-order valence-corrected chi connectivity index (χ3v) is 5.50. The zero-order chi connectivity index (χ0) is 25.4. The van der Waals surface area contributed by atoms with Crippen molar-refractivity contribution in [3.8, 4) is 5.75 Å². The predicted octanol–water partition coefficient (Wildman–Crippen LogP) is 4.34. The van der Waals surface area contributed by atoms with Crippen LogP contribution in [0.1, 0.15) is 28.9 Å². The molecule has 0 saturated carbocycles. The number of nitrogens with zero attached hydrogens (tertiary/aromatic N) is 3. The monoisotopic (exact) mass is 497 g/mol. The van der Waals surface area contributed by atoms with Crippen molar-refractivity contribution < 1.29 is 35.9 Å². The summed E-state index contributed by atoms with van der Waals surface area (Å²) in [6.45, 7) is 0.204. The van der Waals surface area contributed by atoms with E-state index in [1.807, 2.05) is 5.32 Å². The van der Waals surface area contributed by atoms with Gasteiger partial charge in [-0.3, -0.25) is 4.79 Å². The first kappa shape index (κ1) is 24.2. The van der Waals surface area contributed by atoms with Gasteiger partial charge in [-0.15, -0.1) is 10.2 Å². The summed E-state index contributed by atoms with van der Waals surface area (Å²) >= 11 is 0. The van der Waals surface area contributed by atoms with Crippen LogP contribution in [0.3, 0.4) is 0 Å². The number of hydrogen-bond acceptors (Lipinski definition) is 5. The summed E-state index contributed by atoms with van der Waals surface area (Å²) in [5.41, 5.74) is -2.19. The minimum Gasteiger partial charge on any atom is -0.484 e. The number of aryl methyl sites for hydroxylation is 1. The van der Waals surface area contributed by atoms with E-state index in [2.05, 4.69) is 25.4 Å². The molecule has 1 amide bonds. The van der Waals surface area contributed by atoms with E-state index in [1.165, 1.54) is 0 Å². The summed E-state index contributed by atoms with van der Waals surface area (Å²) in [7, 11) is 0. The van der Waals surface area contributed by atoms with Crippen LogP contribution < -0.4 is 10.1 Å². The summed E-state index contributed by atoms with van der Waals surface area (Å²) in [5, 5.41) is 15.1. The zero-order valence-corrected chi connectivity index (χ0v) is 18.0. The molecule has 2 aromatic carbocycles. The number of tetrazole rings is 1. The Morgan fingerprint density at radius 1 is 1.00 bits per heavy atom. The van der Waals surface area contributed by atoms with E-state index >= 15 is 0 Å². The van der Waals surface area contributed by atoms with Gasteiger partial charge in [-0.2, -0.15) is 31.6 Å². The number of H-pyrrole nitrogens is 1. The number of amides is 1. The highest BCUT2D eigenvalue weighted by molar-refractivity contribution is 6.27. The summed E-state index contributed by atoms with van der Waals surface area (Å²) in [4.78, 5) is 13.1. The molecule has 2 heterocycles. The van der Waals surface area contributed by atoms with Gasteiger partial charge in [0.1, 0.15) is 5.75 Å². The lowest BCUT2D eigenvalue weighted by atomic mass is 9.76. The number of aromatic amines is 1. The fourth-order valence-electron chi connectivity index (χ4n) is 3.81. The van der Waals surface area contributed by atoms with Gasteiger partial charge in [-0.05, 0) is 41.0 Å². The maximum absolute atomic E-state index is 14.6. The van der Waals surface area contributed by atoms with Crippen molar-refractivity contribution in [1.82, 2.24) is 25.9 Å². The molecule has 35 heavy (non-hydrogen) atoms. The molecule has 0 radical (unpaired) electrons. The molecule has 0 aliphatic carbocycles. The number of benzene rings is 2. The van der Waals surface area contributed by atoms with Crippen molar-refractivity contribution in [2.45, 2.75) is 31.2 Å². The first-order valence-electron chi connectivity index (χ1n) is 10.1. The molecule has 13 heteroatoms. The molecule has 0 fully saturated rings. The molecule has 7 nitrogen and oxygen atoms in total. The Kier molecular flexibility index (Phi) is 6.03. The Balaban J connectivity index is 1.82. The SMILES string of the molecule is Cc1ccc(C2=C(c3nn[nH]n3)C(=O)NC(c3ccc(OCC(F)(F)F)cc3)(C(F)(F)F)C2)cc1. The van der Waals surface area contributed by atoms with Crippen LogP contribution in [-0.4, -0.2) is 45.5 Å². The molecule has 1 aliphatic rings. The number of rotatable bonds is 5. The average Bonchev–Trinajstić information content (AvgIpc) is 3.31. The van der Waals surface area contributed by atoms with Crippen LogP contribution in [0.2, 0.25) is 0 Å². The number of nitrogens with one attached hydrogen (secondary N) is 2. The predicted molar refractivity (Wildman–Crippen MR) is 111 cm³/mol. The van der Waals surface area contributed by atoms with Crippen molar-refractivity contribution >= 4 is 17.1 Å². The lowest BCUT2D eigenvalue weighted by Crippen LogP contribution is -2.58. The molecule has 1 atom stereocenters. The van der Waals surface area contributed by atoms with E-state index in [0.717, 1.165) is 29.8 Å². The third-order valence-electron chi connectivity index (χ3n) is 5.50. The summed E-state index contributed by atoms with van der Waals surface area (Å²) < 4.78 is 85.7. The van der Waals surface area contributed by atoms with Gasteiger partial charge in [0.15, 0.2) is 12.1 Å². The van der Waals surface area contributed by atoms with Gasteiger partial charge < -0.3 is 10.1 Å². The quantitative estimate of drug-likeness (QED) is 0.512. The molecule has 184 valence electrons. The van der Waals surface area contributed by atoms with Gasteiger partial charge in [0.2, 0.25) is 5.82 Å². The first-order chi connectivity index (χ1) is 16.4. The fraction of sp³-hybridized carbons (Fsp3) is 0.273. The van der Waals surface area contributed by atoms with E-state index in [9.17, 15) is 31.1 Å². The summed E-state index contributed by atoms with van der Waals surface area (Å²) in [6.07, 6.45) is -10.3. The maximum atomic E-state index is 14.6. The van der Waals surface area contributed by atoms with Crippen LogP contribution in [0.25, 0.3) is 11.1 Å². The highest BCUT2D eigenvalue weighted by atomic mass is 19.4. The van der Waals surface area contributed by atoms with Crippen LogP contribution in [0.4, 0.5) is 26.3 Å². The third kappa shape index (κ3) is 4.84. The standard InChI is InChI=1S/C22H17F6N5O2/c1-12-2-4-13(5-3-12)16-10-20(22(26,27)28,29-19(34)17(16)18-30-32-33-31-18)14-6-8-15(9-7-14)35-11-21(23,24)25/h2-9H,10-11H2,1H3,(H,29,34)(H,30,31,32,33). The molecule has 4 rings (SSSR count). The van der Waals surface area contributed by atoms with Crippen LogP contribution in [-0.2, 0) is 10.3 Å². The second kappa shape index (κ2) is 8.71. The van der Waals surface area contributed by atoms with E-state index in [-0.39, 0.29) is 28.3 Å². The number of alkyl halides is 6. The van der Waals surface area contributed by atoms with E-state index in [0.29, 0.717) is 5.56 Å². The Bertz CT molecular complexity index is 1240. The van der Waals surface area contributed by atoms with Crippen molar-refractivity contribution in [2.24, 2.45) is 0 Å². The van der Waals surface area contributed by atoms with E-state index in [4.69, 9.17) is 0 Å². The second-order valence-electron chi connectivity index (χ2n) is 7.92. The smallest absolute Gasteiger partial charge is 0.422 e. The number of carbonyl (C=O) groups excluding carboxylic acids is 1. The molecule has 1 aromatic heterocycles. The van der Waals surface area contributed by atoms with Crippen molar-refractivity contribution in [3.63, 3.8) is 0 Å². The first-order valence-corrected chi connectivity index (χ1v) is 10.1. The Hall–Kier alpha value is -3.90. The van der Waals surface area contributed by atoms with E-state index in [1.54, 1.807) is 31.2 Å². The van der Waals surface area contributed by atoms with Gasteiger partial charge >= 0.3 is 12.4 Å². The minimum absolute atomic E-state index is 0.0323. The summed E-state index contributed by atoms with van der Waals surface area (Å²) in [5.74, 6) is -1.53. The fourth-order valence-corrected chi connectivity index (χ4v) is 3.81. The summed E-state index contributed by atoms with van der Waals surface area (Å²) in [6, 6.07) is 10.5. The Morgan fingerprint density at radius 2 is 1.66 bits per heavy atom. The lowest BCUT2D eigenvalue weighted by molar-refractivity contribution is -0.201. The van der Waals surface area contributed by atoms with Crippen LogP contribution in [0.5, 0.6) is 5.75 Å². The lowest BCUT2D eigenvalue weighted by Gasteiger charge is -2.41. The normalized spacial score (nSPS) is 19.0. The van der Waals surface area contributed by atoms with Crippen LogP contribution in [0, 0.1) is 6.92 Å². The number of carbonyl (C=O) groups is 1. The molecular weight excluding hydrogens is 480 g/mol. The number of aromatic nitrogens is 4. The average molecular weight is 497 g/mol. The Morgan fingerprint density at radius 3 is 2.20 bits per heavy atom. The van der Waals surface area contributed by atoms with Crippen LogP contribution >= 0.6 is 0 Å². The molecular formula is C22H17F6N5O2. The molecule has 0 bridgehead atoms. The molecule has 2 N–H and O–H groups in total. The molecule has 0 saturated heterocycles. The topological polar surface area (TPSA) is 92.8 Å². The van der Waals surface area contributed by atoms with Crippen molar-refractivity contribution in [3.05, 3.63) is 71.0 Å². The minimum atomic E-state index is -4.98. The number of halogens is 6. The molecule has 0 spiro atoms. The van der Waals surface area contributed by atoms with Gasteiger partial charge in [0.05, 0.1) is 5.57 Å². The van der Waals surface area contributed by atoms with Gasteiger partial charge in [0.25, 0.3) is 5.91 Å². The van der Waals surface area contributed by atoms with Gasteiger partial charge in [0, 0.05) is 6.42 Å². The number of hydrogen-bond donors (Lipinski definition) is 2. The molecule has 1 unspecified atom stereocenters. The van der Waals surface area contributed by atoms with E-state index < -0.39 is 36.8 Å². The van der Waals surface area contributed by atoms with Crippen molar-refractivity contribution in [1.29, 1.82) is 0 Å². The largest absolute Gasteiger partial charge is 0.484 e. The van der Waals surface area contributed by atoms with Crippen LogP contribution in [0.15, 0.2) is 48.5 Å². The highest BCUT2D eigenvalue weighted by Gasteiger charge is 2.59. The molecule has 3 aromatic rings. The second-order valence-corrected chi connectivity index (χ2v) is 7.92. The molecule has 1 aliphatic heterocycles. The van der Waals surface area contributed by atoms with Gasteiger partial charge in [-0.25, -0.2) is 0 Å². The zero-order valence-electron chi connectivity index (χ0n) is 18.0.